The van der Waals surface area contributed by atoms with E-state index in [4.69, 9.17) is 18.9 Å². The molecule has 0 radical (unpaired) electrons. The Hall–Kier alpha value is -0.820. The summed E-state index contributed by atoms with van der Waals surface area (Å²) in [6.45, 7) is 24.9. The van der Waals surface area contributed by atoms with Gasteiger partial charge in [-0.1, -0.05) is 55.0 Å². The highest BCUT2D eigenvalue weighted by atomic mass is 16.7. The zero-order valence-electron chi connectivity index (χ0n) is 31.6. The first-order chi connectivity index (χ1) is 22.4. The maximum Gasteiger partial charge on any atom is 0.196 e. The summed E-state index contributed by atoms with van der Waals surface area (Å²) in [6.07, 6.45) is -1.71. The third-order valence-corrected chi connectivity index (χ3v) is 16.1. The lowest BCUT2D eigenvalue weighted by atomic mass is 9.32. The number of allylic oxidation sites excluding steroid dienone is 1. The van der Waals surface area contributed by atoms with Crippen LogP contribution in [0, 0.1) is 50.7 Å². The van der Waals surface area contributed by atoms with Gasteiger partial charge in [-0.15, -0.1) is 0 Å². The predicted octanol–water partition coefficient (Wildman–Crippen LogP) is 4.27. The zero-order chi connectivity index (χ0) is 36.5. The first kappa shape index (κ1) is 37.9. The molecule has 6 rings (SSSR count). The van der Waals surface area contributed by atoms with E-state index in [2.05, 4.69) is 55.0 Å². The molecule has 4 aliphatic carbocycles. The highest BCUT2D eigenvalue weighted by molar-refractivity contribution is 5.27. The van der Waals surface area contributed by atoms with E-state index in [9.17, 15) is 30.6 Å². The van der Waals surface area contributed by atoms with Gasteiger partial charge in [-0.25, -0.2) is 0 Å². The molecule has 10 nitrogen and oxygen atoms in total. The average molecular weight is 695 g/mol. The van der Waals surface area contributed by atoms with Gasteiger partial charge in [-0.05, 0) is 105 Å². The van der Waals surface area contributed by atoms with E-state index in [0.717, 1.165) is 38.5 Å². The van der Waals surface area contributed by atoms with Gasteiger partial charge in [0.1, 0.15) is 30.5 Å². The van der Waals surface area contributed by atoms with Gasteiger partial charge in [0.05, 0.1) is 24.1 Å². The summed E-state index contributed by atoms with van der Waals surface area (Å²) in [5.74, 6) is -1.25. The molecule has 0 aromatic heterocycles. The summed E-state index contributed by atoms with van der Waals surface area (Å²) >= 11 is 0. The van der Waals surface area contributed by atoms with E-state index in [0.29, 0.717) is 12.2 Å². The quantitative estimate of drug-likeness (QED) is 0.175. The third kappa shape index (κ3) is 5.12. The van der Waals surface area contributed by atoms with Crippen LogP contribution in [0.5, 0.6) is 0 Å². The highest BCUT2D eigenvalue weighted by Gasteiger charge is 2.81. The molecular formula is C39H66O10. The minimum absolute atomic E-state index is 0.00332. The Morgan fingerprint density at radius 1 is 0.878 bits per heavy atom. The van der Waals surface area contributed by atoms with Crippen LogP contribution in [0.3, 0.4) is 0 Å². The van der Waals surface area contributed by atoms with E-state index in [1.165, 1.54) is 0 Å². The Balaban J connectivity index is 1.31. The van der Waals surface area contributed by atoms with Crippen LogP contribution in [0.1, 0.15) is 114 Å². The van der Waals surface area contributed by atoms with Crippen molar-refractivity contribution in [3.63, 3.8) is 0 Å². The molecular weight excluding hydrogens is 628 g/mol. The van der Waals surface area contributed by atoms with Gasteiger partial charge in [0.25, 0.3) is 0 Å². The number of aliphatic hydroxyl groups is 6. The molecule has 2 aliphatic heterocycles. The maximum absolute atomic E-state index is 12.7. The summed E-state index contributed by atoms with van der Waals surface area (Å²) < 4.78 is 24.9. The standard InChI is InChI=1S/C39H66O10/c1-20(2)47-30(34(6,7)44)23-18-21(3)29-37(10)17-16-36(9)25(38(37,11)32(43)39(29,45)49-23)13-12-24-33(4,5)26(14-15-35(24,36)8)48-31-28(42)27(41)22(40)19-46-31/h21-32,40-45H,1,12-19H2,2-11H3/t21-,22-,23-,24+,25-,26+,27+,28-,29?,30+,31+,32-,35?,36-,37-,38-,39-/m1/s1. The molecule has 6 fully saturated rings. The van der Waals surface area contributed by atoms with Crippen molar-refractivity contribution < 1.29 is 49.6 Å². The molecule has 17 atom stereocenters. The molecule has 6 aliphatic rings. The van der Waals surface area contributed by atoms with Crippen molar-refractivity contribution in [3.8, 4) is 0 Å². The Labute approximate surface area is 293 Å². The number of aliphatic hydroxyl groups excluding tert-OH is 4. The molecule has 0 aromatic rings. The minimum atomic E-state index is -1.81. The average Bonchev–Trinajstić information content (AvgIpc) is 3.12. The topological polar surface area (TPSA) is 158 Å². The molecule has 0 aromatic carbocycles. The van der Waals surface area contributed by atoms with Crippen molar-refractivity contribution in [2.24, 2.45) is 50.7 Å². The van der Waals surface area contributed by atoms with Crippen molar-refractivity contribution in [3.05, 3.63) is 12.3 Å². The van der Waals surface area contributed by atoms with Crippen LogP contribution in [-0.2, 0) is 18.9 Å². The first-order valence-electron chi connectivity index (χ1n) is 18.8. The molecule has 282 valence electrons. The van der Waals surface area contributed by atoms with Crippen molar-refractivity contribution in [1.29, 1.82) is 0 Å². The number of fused-ring (bicyclic) bond motifs is 7. The molecule has 0 bridgehead atoms. The molecule has 0 spiro atoms. The van der Waals surface area contributed by atoms with Crippen LogP contribution in [0.25, 0.3) is 0 Å². The Morgan fingerprint density at radius 2 is 1.47 bits per heavy atom. The Kier molecular flexibility index (Phi) is 9.16. The van der Waals surface area contributed by atoms with Gasteiger partial charge in [0.2, 0.25) is 0 Å². The second-order valence-electron chi connectivity index (χ2n) is 19.3. The predicted molar refractivity (Wildman–Crippen MR) is 183 cm³/mol. The van der Waals surface area contributed by atoms with Crippen LogP contribution in [0.4, 0.5) is 0 Å². The minimum Gasteiger partial charge on any atom is -0.490 e. The van der Waals surface area contributed by atoms with Gasteiger partial charge in [-0.2, -0.15) is 0 Å². The second kappa shape index (κ2) is 11.8. The van der Waals surface area contributed by atoms with E-state index in [-0.39, 0.29) is 52.6 Å². The van der Waals surface area contributed by atoms with E-state index < -0.39 is 65.1 Å². The van der Waals surface area contributed by atoms with Crippen LogP contribution in [0.2, 0.25) is 0 Å². The van der Waals surface area contributed by atoms with Crippen LogP contribution >= 0.6 is 0 Å². The van der Waals surface area contributed by atoms with Crippen molar-refractivity contribution in [1.82, 2.24) is 0 Å². The lowest BCUT2D eigenvalue weighted by Crippen LogP contribution is -2.68. The molecule has 4 saturated carbocycles. The molecule has 2 heterocycles. The summed E-state index contributed by atoms with van der Waals surface area (Å²) in [5, 5.41) is 67.4. The fourth-order valence-corrected chi connectivity index (χ4v) is 13.5. The Bertz CT molecular complexity index is 1280. The van der Waals surface area contributed by atoms with E-state index in [1.807, 2.05) is 0 Å². The van der Waals surface area contributed by atoms with Gasteiger partial charge < -0.3 is 49.6 Å². The van der Waals surface area contributed by atoms with Crippen molar-refractivity contribution >= 4 is 0 Å². The summed E-state index contributed by atoms with van der Waals surface area (Å²) in [5.41, 5.74) is -2.84. The largest absolute Gasteiger partial charge is 0.490 e. The van der Waals surface area contributed by atoms with Crippen molar-refractivity contribution in [2.75, 3.05) is 6.61 Å². The van der Waals surface area contributed by atoms with Crippen LogP contribution in [0.15, 0.2) is 12.3 Å². The Morgan fingerprint density at radius 3 is 2.08 bits per heavy atom. The zero-order valence-corrected chi connectivity index (χ0v) is 31.6. The summed E-state index contributed by atoms with van der Waals surface area (Å²) in [4.78, 5) is 0. The third-order valence-electron chi connectivity index (χ3n) is 16.1. The maximum atomic E-state index is 12.7. The molecule has 6 N–H and O–H groups in total. The molecule has 2 unspecified atom stereocenters. The SMILES string of the molecule is C=C(C)O[C@@H]([C@H]1C[C@@H](C)C2[C@@](O)(O1)[C@H](O)[C@@]1(C)[C@@H]3CC[C@H]4C(C)(C)[C@@H](O[C@@H]5OC[C@@H](O)[C@H](O)[C@H]5O)CCC4(C)[C@]3(C)CC[C@]21C)C(C)(C)O. The number of hydrogen-bond acceptors (Lipinski definition) is 10. The van der Waals surface area contributed by atoms with Gasteiger partial charge >= 0.3 is 0 Å². The van der Waals surface area contributed by atoms with Gasteiger partial charge in [-0.3, -0.25) is 0 Å². The summed E-state index contributed by atoms with van der Waals surface area (Å²) in [7, 11) is 0. The lowest BCUT2D eigenvalue weighted by Gasteiger charge is -2.72. The highest BCUT2D eigenvalue weighted by Crippen LogP contribution is 2.80. The monoisotopic (exact) mass is 694 g/mol. The molecule has 49 heavy (non-hydrogen) atoms. The lowest BCUT2D eigenvalue weighted by molar-refractivity contribution is -0.343. The van der Waals surface area contributed by atoms with Crippen LogP contribution in [-0.4, -0.2) is 97.7 Å². The molecule has 0 amide bonds. The number of hydrogen-bond donors (Lipinski definition) is 6. The van der Waals surface area contributed by atoms with E-state index >= 15 is 0 Å². The number of ether oxygens (including phenoxy) is 4. The molecule has 2 saturated heterocycles. The van der Waals surface area contributed by atoms with E-state index in [1.54, 1.807) is 20.8 Å². The van der Waals surface area contributed by atoms with Gasteiger partial charge in [0.15, 0.2) is 18.2 Å². The fraction of sp³-hybridized carbons (Fsp3) is 0.949. The normalized spacial score (nSPS) is 54.6. The first-order valence-corrected chi connectivity index (χ1v) is 18.8. The summed E-state index contributed by atoms with van der Waals surface area (Å²) in [6, 6.07) is 0. The fourth-order valence-electron chi connectivity index (χ4n) is 13.5. The second-order valence-corrected chi connectivity index (χ2v) is 19.3. The molecule has 10 heteroatoms. The van der Waals surface area contributed by atoms with Crippen molar-refractivity contribution in [2.45, 2.75) is 175 Å². The van der Waals surface area contributed by atoms with Gasteiger partial charge in [0, 0.05) is 11.3 Å². The number of rotatable bonds is 6. The smallest absolute Gasteiger partial charge is 0.196 e. The van der Waals surface area contributed by atoms with Crippen LogP contribution < -0.4 is 0 Å².